The monoisotopic (exact) mass is 352 g/mol. The maximum absolute atomic E-state index is 13.5. The first-order chi connectivity index (χ1) is 11.9. The first-order valence-corrected chi connectivity index (χ1v) is 7.57. The van der Waals surface area contributed by atoms with Crippen LogP contribution in [0.1, 0.15) is 40.5 Å². The molecule has 0 heterocycles. The van der Waals surface area contributed by atoms with Crippen molar-refractivity contribution in [1.82, 2.24) is 0 Å². The normalized spacial score (nSPS) is 10.4. The lowest BCUT2D eigenvalue weighted by Crippen LogP contribution is -2.11. The summed E-state index contributed by atoms with van der Waals surface area (Å²) in [6, 6.07) is 6.74. The fraction of sp³-hybridized carbons (Fsp3) is 0.222. The van der Waals surface area contributed by atoms with Gasteiger partial charge in [0.2, 0.25) is 5.82 Å². The van der Waals surface area contributed by atoms with E-state index >= 15 is 0 Å². The predicted molar refractivity (Wildman–Crippen MR) is 82.9 cm³/mol. The Morgan fingerprint density at radius 1 is 0.880 bits per heavy atom. The average Bonchev–Trinajstić information content (AvgIpc) is 2.62. The lowest BCUT2D eigenvalue weighted by atomic mass is 10.1. The van der Waals surface area contributed by atoms with Crippen LogP contribution in [0.15, 0.2) is 36.4 Å². The summed E-state index contributed by atoms with van der Waals surface area (Å²) in [5.41, 5.74) is 0.251. The fourth-order valence-electron chi connectivity index (χ4n) is 1.88. The van der Waals surface area contributed by atoms with Crippen LogP contribution >= 0.6 is 0 Å². The van der Waals surface area contributed by atoms with Gasteiger partial charge >= 0.3 is 11.9 Å². The number of ether oxygens (including phenoxy) is 2. The van der Waals surface area contributed by atoms with E-state index < -0.39 is 35.1 Å². The Balaban J connectivity index is 2.06. The molecule has 0 atom stereocenters. The van der Waals surface area contributed by atoms with Crippen molar-refractivity contribution >= 4 is 11.9 Å². The molecule has 4 nitrogen and oxygen atoms in total. The Labute approximate surface area is 142 Å². The van der Waals surface area contributed by atoms with Crippen LogP contribution in [-0.4, -0.2) is 18.5 Å². The van der Waals surface area contributed by atoms with E-state index in [1.807, 2.05) is 6.92 Å². The largest absolute Gasteiger partial charge is 0.462 e. The van der Waals surface area contributed by atoms with Gasteiger partial charge in [0, 0.05) is 0 Å². The molecule has 0 aromatic heterocycles. The van der Waals surface area contributed by atoms with Crippen molar-refractivity contribution in [1.29, 1.82) is 0 Å². The molecule has 2 aromatic carbocycles. The van der Waals surface area contributed by atoms with Crippen LogP contribution in [0.4, 0.5) is 13.2 Å². The lowest BCUT2D eigenvalue weighted by Gasteiger charge is -2.07. The van der Waals surface area contributed by atoms with Crippen LogP contribution in [0.25, 0.3) is 0 Å². The first-order valence-electron chi connectivity index (χ1n) is 7.57. The second kappa shape index (κ2) is 8.32. The molecule has 0 N–H and O–H groups in total. The van der Waals surface area contributed by atoms with E-state index in [0.29, 0.717) is 12.7 Å². The maximum Gasteiger partial charge on any atom is 0.343 e. The van der Waals surface area contributed by atoms with Crippen LogP contribution in [0.3, 0.4) is 0 Å². The second-order valence-corrected chi connectivity index (χ2v) is 5.13. The number of esters is 2. The highest BCUT2D eigenvalue weighted by atomic mass is 19.2. The van der Waals surface area contributed by atoms with E-state index in [4.69, 9.17) is 9.47 Å². The molecule has 0 fully saturated rings. The molecule has 132 valence electrons. The van der Waals surface area contributed by atoms with Gasteiger partial charge in [-0.15, -0.1) is 0 Å². The SMILES string of the molecule is CCCCOC(=O)c1ccc(C(=O)Oc2ccc(F)c(F)c2F)cc1. The summed E-state index contributed by atoms with van der Waals surface area (Å²) >= 11 is 0. The summed E-state index contributed by atoms with van der Waals surface area (Å²) in [5.74, 6) is -6.94. The van der Waals surface area contributed by atoms with Gasteiger partial charge in [-0.1, -0.05) is 13.3 Å². The molecule has 0 saturated heterocycles. The number of rotatable bonds is 6. The molecular weight excluding hydrogens is 337 g/mol. The summed E-state index contributed by atoms with van der Waals surface area (Å²) in [6.45, 7) is 2.26. The van der Waals surface area contributed by atoms with Crippen molar-refractivity contribution < 1.29 is 32.2 Å². The van der Waals surface area contributed by atoms with Gasteiger partial charge in [0.05, 0.1) is 17.7 Å². The molecule has 0 amide bonds. The Hall–Kier alpha value is -2.83. The molecule has 0 bridgehead atoms. The van der Waals surface area contributed by atoms with E-state index in [1.165, 1.54) is 24.3 Å². The number of halogens is 3. The summed E-state index contributed by atoms with van der Waals surface area (Å²) in [7, 11) is 0. The number of benzene rings is 2. The van der Waals surface area contributed by atoms with Gasteiger partial charge in [0.25, 0.3) is 0 Å². The average molecular weight is 352 g/mol. The quantitative estimate of drug-likeness (QED) is 0.337. The van der Waals surface area contributed by atoms with Crippen molar-refractivity contribution in [2.75, 3.05) is 6.61 Å². The summed E-state index contributed by atoms with van der Waals surface area (Å²) in [6.07, 6.45) is 1.63. The fourth-order valence-corrected chi connectivity index (χ4v) is 1.88. The number of carbonyl (C=O) groups excluding carboxylic acids is 2. The Morgan fingerprint density at radius 3 is 2.08 bits per heavy atom. The Bertz CT molecular complexity index is 773. The molecular formula is C18H15F3O4. The minimum atomic E-state index is -1.73. The molecule has 2 rings (SSSR count). The van der Waals surface area contributed by atoms with Gasteiger partial charge in [-0.05, 0) is 42.8 Å². The van der Waals surface area contributed by atoms with Crippen LogP contribution in [0.2, 0.25) is 0 Å². The zero-order valence-corrected chi connectivity index (χ0v) is 13.4. The summed E-state index contributed by atoms with van der Waals surface area (Å²) < 4.78 is 49.2. The standard InChI is InChI=1S/C18H15F3O4/c1-2-3-10-24-17(22)11-4-6-12(7-5-11)18(23)25-14-9-8-13(19)15(20)16(14)21/h4-9H,2-3,10H2,1H3. The molecule has 0 aliphatic heterocycles. The maximum atomic E-state index is 13.5. The summed E-state index contributed by atoms with van der Waals surface area (Å²) in [4.78, 5) is 23.7. The van der Waals surface area contributed by atoms with Crippen molar-refractivity contribution in [3.63, 3.8) is 0 Å². The second-order valence-electron chi connectivity index (χ2n) is 5.13. The predicted octanol–water partition coefficient (Wildman–Crippen LogP) is 4.28. The molecule has 0 aliphatic rings. The topological polar surface area (TPSA) is 52.6 Å². The van der Waals surface area contributed by atoms with E-state index in [0.717, 1.165) is 18.9 Å². The smallest absolute Gasteiger partial charge is 0.343 e. The Kier molecular flexibility index (Phi) is 6.16. The van der Waals surface area contributed by atoms with Crippen molar-refractivity contribution in [3.05, 3.63) is 65.0 Å². The zero-order chi connectivity index (χ0) is 18.4. The van der Waals surface area contributed by atoms with Gasteiger partial charge in [0.15, 0.2) is 17.4 Å². The highest BCUT2D eigenvalue weighted by Gasteiger charge is 2.18. The van der Waals surface area contributed by atoms with Gasteiger partial charge in [-0.2, -0.15) is 4.39 Å². The van der Waals surface area contributed by atoms with Gasteiger partial charge in [0.1, 0.15) is 0 Å². The highest BCUT2D eigenvalue weighted by molar-refractivity contribution is 5.94. The molecule has 0 radical (unpaired) electrons. The molecule has 0 unspecified atom stereocenters. The van der Waals surface area contributed by atoms with Crippen LogP contribution in [0.5, 0.6) is 5.75 Å². The summed E-state index contributed by atoms with van der Waals surface area (Å²) in [5, 5.41) is 0. The van der Waals surface area contributed by atoms with Crippen LogP contribution < -0.4 is 4.74 Å². The van der Waals surface area contributed by atoms with E-state index in [-0.39, 0.29) is 11.1 Å². The molecule has 7 heteroatoms. The van der Waals surface area contributed by atoms with Gasteiger partial charge < -0.3 is 9.47 Å². The molecule has 0 aliphatic carbocycles. The highest BCUT2D eigenvalue weighted by Crippen LogP contribution is 2.23. The van der Waals surface area contributed by atoms with Crippen molar-refractivity contribution in [3.8, 4) is 5.75 Å². The number of hydrogen-bond donors (Lipinski definition) is 0. The van der Waals surface area contributed by atoms with E-state index in [2.05, 4.69) is 0 Å². The number of hydrogen-bond acceptors (Lipinski definition) is 4. The first kappa shape index (κ1) is 18.5. The van der Waals surface area contributed by atoms with Crippen LogP contribution in [0, 0.1) is 17.5 Å². The third kappa shape index (κ3) is 4.59. The molecule has 25 heavy (non-hydrogen) atoms. The minimum absolute atomic E-state index is 0.00856. The zero-order valence-electron chi connectivity index (χ0n) is 13.4. The van der Waals surface area contributed by atoms with Crippen molar-refractivity contribution in [2.45, 2.75) is 19.8 Å². The third-order valence-corrected chi connectivity index (χ3v) is 3.29. The number of unbranched alkanes of at least 4 members (excludes halogenated alkanes) is 1. The minimum Gasteiger partial charge on any atom is -0.462 e. The van der Waals surface area contributed by atoms with Gasteiger partial charge in [-0.25, -0.2) is 18.4 Å². The lowest BCUT2D eigenvalue weighted by molar-refractivity contribution is 0.0499. The third-order valence-electron chi connectivity index (χ3n) is 3.29. The van der Waals surface area contributed by atoms with Gasteiger partial charge in [-0.3, -0.25) is 0 Å². The molecule has 0 saturated carbocycles. The van der Waals surface area contributed by atoms with E-state index in [9.17, 15) is 22.8 Å². The van der Waals surface area contributed by atoms with Crippen LogP contribution in [-0.2, 0) is 4.74 Å². The van der Waals surface area contributed by atoms with E-state index in [1.54, 1.807) is 0 Å². The molecule has 2 aromatic rings. The number of carbonyl (C=O) groups is 2. The molecule has 0 spiro atoms. The Morgan fingerprint density at radius 2 is 1.48 bits per heavy atom. The van der Waals surface area contributed by atoms with Crippen molar-refractivity contribution in [2.24, 2.45) is 0 Å².